The fourth-order valence-corrected chi connectivity index (χ4v) is 6.18. The number of ether oxygens (including phenoxy) is 3. The van der Waals surface area contributed by atoms with Crippen LogP contribution in [0.4, 0.5) is 0 Å². The molecular formula is C29H22N2O7. The zero-order valence-electron chi connectivity index (χ0n) is 21.0. The maximum absolute atomic E-state index is 13.8. The van der Waals surface area contributed by atoms with Gasteiger partial charge < -0.3 is 19.2 Å². The lowest BCUT2D eigenvalue weighted by molar-refractivity contribution is -0.159. The molecule has 0 saturated carbocycles. The molecule has 1 aliphatic carbocycles. The van der Waals surface area contributed by atoms with E-state index in [1.807, 2.05) is 30.3 Å². The first-order valence-corrected chi connectivity index (χ1v) is 11.9. The van der Waals surface area contributed by atoms with Gasteiger partial charge in [0.25, 0.3) is 0 Å². The Morgan fingerprint density at radius 2 is 1.55 bits per heavy atom. The number of carbonyl (C=O) groups excluding carboxylic acids is 4. The quantitative estimate of drug-likeness (QED) is 0.166. The van der Waals surface area contributed by atoms with Crippen molar-refractivity contribution in [3.05, 3.63) is 65.2 Å². The number of para-hydroxylation sites is 2. The first-order chi connectivity index (χ1) is 18.3. The maximum Gasteiger partial charge on any atom is 0.338 e. The van der Waals surface area contributed by atoms with Crippen LogP contribution in [0.2, 0.25) is 0 Å². The van der Waals surface area contributed by atoms with Gasteiger partial charge in [-0.25, -0.2) is 9.78 Å². The molecule has 2 atom stereocenters. The number of benzene rings is 3. The van der Waals surface area contributed by atoms with Gasteiger partial charge in [-0.1, -0.05) is 36.4 Å². The van der Waals surface area contributed by atoms with Crippen LogP contribution in [-0.2, 0) is 34.0 Å². The predicted octanol–water partition coefficient (Wildman–Crippen LogP) is 4.08. The summed E-state index contributed by atoms with van der Waals surface area (Å²) in [5.41, 5.74) is 0.548. The molecule has 2 aromatic heterocycles. The average Bonchev–Trinajstić information content (AvgIpc) is 3.48. The van der Waals surface area contributed by atoms with Crippen LogP contribution in [0.5, 0.6) is 0 Å². The van der Waals surface area contributed by atoms with Gasteiger partial charge in [0.1, 0.15) is 5.92 Å². The third-order valence-electron chi connectivity index (χ3n) is 7.63. The Balaban J connectivity index is 2.02. The van der Waals surface area contributed by atoms with E-state index >= 15 is 0 Å². The van der Waals surface area contributed by atoms with Crippen LogP contribution in [-0.4, -0.2) is 55.0 Å². The third kappa shape index (κ3) is 2.67. The number of methoxy groups -OCH3 is 3. The molecule has 3 aromatic carbocycles. The molecule has 9 heteroatoms. The largest absolute Gasteiger partial charge is 0.468 e. The van der Waals surface area contributed by atoms with E-state index in [0.29, 0.717) is 43.6 Å². The number of esters is 3. The summed E-state index contributed by atoms with van der Waals surface area (Å²) in [6.07, 6.45) is 0. The summed E-state index contributed by atoms with van der Waals surface area (Å²) in [5, 5.41) is 2.01. The molecule has 0 saturated heterocycles. The molecular weight excluding hydrogens is 488 g/mol. The molecule has 1 N–H and O–H groups in total. The smallest absolute Gasteiger partial charge is 0.338 e. The van der Waals surface area contributed by atoms with E-state index in [2.05, 4.69) is 4.98 Å². The lowest BCUT2D eigenvalue weighted by Crippen LogP contribution is -2.49. The van der Waals surface area contributed by atoms with Crippen LogP contribution in [0.3, 0.4) is 0 Å². The molecule has 0 aliphatic heterocycles. The van der Waals surface area contributed by atoms with Crippen LogP contribution < -0.4 is 0 Å². The Morgan fingerprint density at radius 1 is 0.868 bits per heavy atom. The maximum atomic E-state index is 13.8. The van der Waals surface area contributed by atoms with Gasteiger partial charge in [-0.3, -0.25) is 14.4 Å². The molecule has 38 heavy (non-hydrogen) atoms. The van der Waals surface area contributed by atoms with E-state index in [4.69, 9.17) is 19.2 Å². The summed E-state index contributed by atoms with van der Waals surface area (Å²) in [6, 6.07) is 14.4. The summed E-state index contributed by atoms with van der Waals surface area (Å²) in [6.45, 7) is 1.24. The molecule has 6 rings (SSSR count). The van der Waals surface area contributed by atoms with Crippen molar-refractivity contribution in [3.63, 3.8) is 0 Å². The number of pyridine rings is 1. The third-order valence-corrected chi connectivity index (χ3v) is 7.63. The van der Waals surface area contributed by atoms with E-state index in [1.165, 1.54) is 21.1 Å². The molecule has 1 aliphatic rings. The van der Waals surface area contributed by atoms with Crippen LogP contribution in [0, 0.1) is 0 Å². The van der Waals surface area contributed by atoms with E-state index in [-0.39, 0.29) is 16.7 Å². The number of fused-ring (bicyclic) bond motifs is 6. The van der Waals surface area contributed by atoms with Crippen molar-refractivity contribution < 1.29 is 33.4 Å². The second-order valence-corrected chi connectivity index (χ2v) is 9.24. The second kappa shape index (κ2) is 8.11. The van der Waals surface area contributed by atoms with Gasteiger partial charge in [0.2, 0.25) is 0 Å². The van der Waals surface area contributed by atoms with Crippen molar-refractivity contribution in [1.82, 2.24) is 9.97 Å². The number of rotatable bonds is 4. The summed E-state index contributed by atoms with van der Waals surface area (Å²) >= 11 is 0. The lowest BCUT2D eigenvalue weighted by Gasteiger charge is -2.31. The Kier molecular flexibility index (Phi) is 5.03. The number of nitrogens with zero attached hydrogens (tertiary/aromatic N) is 1. The lowest BCUT2D eigenvalue weighted by atomic mass is 9.69. The van der Waals surface area contributed by atoms with E-state index < -0.39 is 35.0 Å². The molecule has 5 aromatic rings. The van der Waals surface area contributed by atoms with Crippen molar-refractivity contribution >= 4 is 67.3 Å². The minimum absolute atomic E-state index is 0.0519. The number of hydrogen-bond acceptors (Lipinski definition) is 8. The van der Waals surface area contributed by atoms with Crippen LogP contribution in [0.1, 0.15) is 34.3 Å². The normalized spacial score (nSPS) is 18.3. The van der Waals surface area contributed by atoms with Crippen LogP contribution in [0.25, 0.3) is 43.6 Å². The molecule has 9 nitrogen and oxygen atoms in total. The van der Waals surface area contributed by atoms with Gasteiger partial charge >= 0.3 is 17.9 Å². The fraction of sp³-hybridized carbons (Fsp3) is 0.207. The molecule has 2 unspecified atom stereocenters. The molecule has 0 fully saturated rings. The van der Waals surface area contributed by atoms with Gasteiger partial charge in [-0.2, -0.15) is 0 Å². The highest BCUT2D eigenvalue weighted by molar-refractivity contribution is 6.31. The predicted molar refractivity (Wildman–Crippen MR) is 139 cm³/mol. The highest BCUT2D eigenvalue weighted by atomic mass is 16.5. The monoisotopic (exact) mass is 510 g/mol. The summed E-state index contributed by atoms with van der Waals surface area (Å²) < 4.78 is 15.6. The van der Waals surface area contributed by atoms with Crippen molar-refractivity contribution in [2.45, 2.75) is 18.3 Å². The van der Waals surface area contributed by atoms with E-state index in [0.717, 1.165) is 7.11 Å². The van der Waals surface area contributed by atoms with Gasteiger partial charge in [0, 0.05) is 27.1 Å². The molecule has 190 valence electrons. The molecule has 2 heterocycles. The second-order valence-electron chi connectivity index (χ2n) is 9.24. The highest BCUT2D eigenvalue weighted by Gasteiger charge is 2.63. The minimum Gasteiger partial charge on any atom is -0.468 e. The summed E-state index contributed by atoms with van der Waals surface area (Å²) in [7, 11) is 3.56. The van der Waals surface area contributed by atoms with Gasteiger partial charge in [0.05, 0.1) is 43.4 Å². The standard InChI is InChI=1S/C29H22N2O7/c1-13(32)29(28(35)38-4)22-15-10-6-8-12-17(15)31-25-21(22)19(23(29)27(34)37-3)20(26(33)36-2)18-14-9-5-7-11-16(14)30-24(18)25/h5-12,23,31H,1-4H3. The Labute approximate surface area is 215 Å². The SMILES string of the molecule is COC(=O)c1c2c3c(c4ccccc4[nH]c3c3nc4ccccc4c13)C(C(C)=O)(C(=O)OC)C2C(=O)OC. The molecule has 0 radical (unpaired) electrons. The number of H-pyrrole nitrogens is 1. The Morgan fingerprint density at radius 3 is 2.21 bits per heavy atom. The van der Waals surface area contributed by atoms with Crippen molar-refractivity contribution in [1.29, 1.82) is 0 Å². The van der Waals surface area contributed by atoms with E-state index in [9.17, 15) is 19.2 Å². The topological polar surface area (TPSA) is 125 Å². The molecule has 0 bridgehead atoms. The zero-order valence-corrected chi connectivity index (χ0v) is 21.0. The molecule has 0 amide bonds. The number of aromatic amines is 1. The van der Waals surface area contributed by atoms with Crippen molar-refractivity contribution in [2.24, 2.45) is 0 Å². The Bertz CT molecular complexity index is 1890. The van der Waals surface area contributed by atoms with Gasteiger partial charge in [0.15, 0.2) is 11.2 Å². The zero-order chi connectivity index (χ0) is 26.9. The van der Waals surface area contributed by atoms with Gasteiger partial charge in [-0.05, 0) is 30.2 Å². The van der Waals surface area contributed by atoms with Crippen molar-refractivity contribution in [3.8, 4) is 0 Å². The van der Waals surface area contributed by atoms with Gasteiger partial charge in [-0.15, -0.1) is 0 Å². The van der Waals surface area contributed by atoms with E-state index in [1.54, 1.807) is 18.2 Å². The fourth-order valence-electron chi connectivity index (χ4n) is 6.18. The highest BCUT2D eigenvalue weighted by Crippen LogP contribution is 2.57. The number of Topliss-reactive ketones (excluding diaryl/α,β-unsaturated/α-hetero) is 1. The Hall–Kier alpha value is -4.79. The first kappa shape index (κ1) is 23.6. The average molecular weight is 511 g/mol. The summed E-state index contributed by atoms with van der Waals surface area (Å²) in [5.74, 6) is -4.66. The summed E-state index contributed by atoms with van der Waals surface area (Å²) in [4.78, 5) is 62.9. The number of aromatic nitrogens is 2. The molecule has 0 spiro atoms. The van der Waals surface area contributed by atoms with Crippen molar-refractivity contribution in [2.75, 3.05) is 21.3 Å². The first-order valence-electron chi connectivity index (χ1n) is 11.9. The van der Waals surface area contributed by atoms with Crippen LogP contribution in [0.15, 0.2) is 48.5 Å². The number of carbonyl (C=O) groups is 4. The van der Waals surface area contributed by atoms with Crippen LogP contribution >= 0.6 is 0 Å². The minimum atomic E-state index is -2.12. The number of hydrogen-bond donors (Lipinski definition) is 1. The number of nitrogens with one attached hydrogen (secondary N) is 1. The number of ketones is 1.